The molecule has 2 heterocycles. The van der Waals surface area contributed by atoms with Crippen molar-refractivity contribution in [2.45, 2.75) is 13.8 Å². The monoisotopic (exact) mass is 280 g/mol. The molecular formula is C16H16N4O. The number of phenols is 1. The van der Waals surface area contributed by atoms with E-state index in [-0.39, 0.29) is 5.75 Å². The molecule has 1 aromatic carbocycles. The zero-order chi connectivity index (χ0) is 15.0. The molecule has 3 aromatic rings. The van der Waals surface area contributed by atoms with E-state index in [2.05, 4.69) is 15.0 Å². The van der Waals surface area contributed by atoms with Crippen LogP contribution in [0.15, 0.2) is 36.4 Å². The summed E-state index contributed by atoms with van der Waals surface area (Å²) in [7, 11) is 0. The van der Waals surface area contributed by atoms with Gasteiger partial charge in [-0.1, -0.05) is 12.1 Å². The molecule has 0 amide bonds. The van der Waals surface area contributed by atoms with Crippen LogP contribution in [0.4, 0.5) is 5.69 Å². The topological polar surface area (TPSA) is 87.8 Å². The molecule has 21 heavy (non-hydrogen) atoms. The van der Waals surface area contributed by atoms with E-state index in [0.717, 1.165) is 34.2 Å². The number of aromatic hydroxyl groups is 1. The predicted molar refractivity (Wildman–Crippen MR) is 82.8 cm³/mol. The first-order valence-corrected chi connectivity index (χ1v) is 6.64. The molecule has 0 saturated heterocycles. The van der Waals surface area contributed by atoms with Crippen molar-refractivity contribution in [1.82, 2.24) is 15.0 Å². The number of pyridine rings is 1. The van der Waals surface area contributed by atoms with Gasteiger partial charge in [0.25, 0.3) is 0 Å². The fraction of sp³-hybridized carbons (Fsp3) is 0.125. The van der Waals surface area contributed by atoms with Gasteiger partial charge in [-0.2, -0.15) is 0 Å². The van der Waals surface area contributed by atoms with Crippen molar-refractivity contribution < 1.29 is 5.11 Å². The fourth-order valence-electron chi connectivity index (χ4n) is 2.26. The summed E-state index contributed by atoms with van der Waals surface area (Å²) in [6.07, 6.45) is 0. The van der Waals surface area contributed by atoms with E-state index in [1.54, 1.807) is 12.1 Å². The number of nitrogens with one attached hydrogen (secondary N) is 1. The van der Waals surface area contributed by atoms with Gasteiger partial charge >= 0.3 is 0 Å². The van der Waals surface area contributed by atoms with Gasteiger partial charge < -0.3 is 15.8 Å². The minimum absolute atomic E-state index is 0.0521. The molecule has 0 aliphatic rings. The first-order valence-electron chi connectivity index (χ1n) is 6.64. The molecule has 3 rings (SSSR count). The van der Waals surface area contributed by atoms with Crippen LogP contribution in [-0.4, -0.2) is 20.1 Å². The molecule has 106 valence electrons. The molecule has 0 saturated carbocycles. The number of nitrogens with two attached hydrogens (primary N) is 1. The lowest BCUT2D eigenvalue weighted by Crippen LogP contribution is -1.90. The quantitative estimate of drug-likeness (QED) is 0.497. The first-order chi connectivity index (χ1) is 10.0. The number of phenolic OH excluding ortho intramolecular Hbond substituents is 1. The van der Waals surface area contributed by atoms with Crippen LogP contribution in [0, 0.1) is 13.8 Å². The number of anilines is 1. The summed E-state index contributed by atoms with van der Waals surface area (Å²) in [5.41, 5.74) is 10.1. The third-order valence-electron chi connectivity index (χ3n) is 3.27. The van der Waals surface area contributed by atoms with E-state index >= 15 is 0 Å². The van der Waals surface area contributed by atoms with Gasteiger partial charge in [-0.15, -0.1) is 0 Å². The number of nitrogens with zero attached hydrogens (tertiary/aromatic N) is 2. The Balaban J connectivity index is 2.17. The largest absolute Gasteiger partial charge is 0.506 e. The molecule has 0 fully saturated rings. The van der Waals surface area contributed by atoms with Crippen LogP contribution in [0.5, 0.6) is 5.75 Å². The molecule has 5 heteroatoms. The van der Waals surface area contributed by atoms with Crippen molar-refractivity contribution in [3.63, 3.8) is 0 Å². The summed E-state index contributed by atoms with van der Waals surface area (Å²) < 4.78 is 0. The van der Waals surface area contributed by atoms with Gasteiger partial charge in [0.2, 0.25) is 0 Å². The minimum atomic E-state index is 0.0521. The van der Waals surface area contributed by atoms with Crippen molar-refractivity contribution in [1.29, 1.82) is 0 Å². The maximum absolute atomic E-state index is 9.80. The van der Waals surface area contributed by atoms with Crippen molar-refractivity contribution in [2.24, 2.45) is 0 Å². The van der Waals surface area contributed by atoms with Gasteiger partial charge in [0, 0.05) is 11.3 Å². The first kappa shape index (κ1) is 13.2. The van der Waals surface area contributed by atoms with E-state index in [9.17, 15) is 5.11 Å². The summed E-state index contributed by atoms with van der Waals surface area (Å²) in [5, 5.41) is 9.80. The third kappa shape index (κ3) is 2.45. The standard InChI is InChI=1S/C16H16N4O/c1-9-4-3-5-13(18-9)16-15(19-10(2)20-16)11-6-7-12(17)14(21)8-11/h3-8,21H,17H2,1-2H3,(H,19,20). The van der Waals surface area contributed by atoms with Crippen LogP contribution >= 0.6 is 0 Å². The molecule has 0 atom stereocenters. The molecule has 4 N–H and O–H groups in total. The lowest BCUT2D eigenvalue weighted by atomic mass is 10.1. The van der Waals surface area contributed by atoms with Gasteiger partial charge in [0.05, 0.1) is 22.8 Å². The van der Waals surface area contributed by atoms with E-state index in [1.165, 1.54) is 0 Å². The summed E-state index contributed by atoms with van der Waals surface area (Å²) in [5.74, 6) is 0.843. The van der Waals surface area contributed by atoms with E-state index in [0.29, 0.717) is 5.69 Å². The van der Waals surface area contributed by atoms with Gasteiger partial charge in [-0.25, -0.2) is 4.98 Å². The Morgan fingerprint density at radius 1 is 1.10 bits per heavy atom. The summed E-state index contributed by atoms with van der Waals surface area (Å²) in [6.45, 7) is 3.83. The highest BCUT2D eigenvalue weighted by Crippen LogP contribution is 2.32. The number of hydrogen-bond acceptors (Lipinski definition) is 4. The van der Waals surface area contributed by atoms with Crippen molar-refractivity contribution in [3.05, 3.63) is 47.9 Å². The van der Waals surface area contributed by atoms with E-state index in [1.807, 2.05) is 38.1 Å². The average molecular weight is 280 g/mol. The number of nitrogen functional groups attached to an aromatic ring is 1. The minimum Gasteiger partial charge on any atom is -0.506 e. The Hall–Kier alpha value is -2.82. The highest BCUT2D eigenvalue weighted by atomic mass is 16.3. The van der Waals surface area contributed by atoms with Crippen molar-refractivity contribution in [2.75, 3.05) is 5.73 Å². The highest BCUT2D eigenvalue weighted by molar-refractivity contribution is 5.78. The van der Waals surface area contributed by atoms with Gasteiger partial charge in [0.15, 0.2) is 0 Å². The lowest BCUT2D eigenvalue weighted by Gasteiger charge is -2.05. The van der Waals surface area contributed by atoms with Crippen LogP contribution in [0.25, 0.3) is 22.6 Å². The number of aromatic amines is 1. The Kier molecular flexibility index (Phi) is 3.10. The molecule has 5 nitrogen and oxygen atoms in total. The normalized spacial score (nSPS) is 10.8. The molecule has 0 aliphatic carbocycles. The maximum atomic E-state index is 9.80. The Bertz CT molecular complexity index is 808. The predicted octanol–water partition coefficient (Wildman–Crippen LogP) is 3.04. The number of aryl methyl sites for hydroxylation is 2. The third-order valence-corrected chi connectivity index (χ3v) is 3.27. The molecule has 0 spiro atoms. The smallest absolute Gasteiger partial charge is 0.139 e. The molecule has 0 unspecified atom stereocenters. The lowest BCUT2D eigenvalue weighted by molar-refractivity contribution is 0.478. The van der Waals surface area contributed by atoms with Gasteiger partial charge in [0.1, 0.15) is 11.6 Å². The highest BCUT2D eigenvalue weighted by Gasteiger charge is 2.14. The Morgan fingerprint density at radius 3 is 2.62 bits per heavy atom. The number of rotatable bonds is 2. The Morgan fingerprint density at radius 2 is 1.90 bits per heavy atom. The summed E-state index contributed by atoms with van der Waals surface area (Å²) >= 11 is 0. The summed E-state index contributed by atoms with van der Waals surface area (Å²) in [4.78, 5) is 12.3. The molecule has 2 aromatic heterocycles. The molecule has 0 aliphatic heterocycles. The molecule has 0 radical (unpaired) electrons. The van der Waals surface area contributed by atoms with Crippen LogP contribution in [0.3, 0.4) is 0 Å². The number of benzene rings is 1. The molecular weight excluding hydrogens is 264 g/mol. The number of aromatic nitrogens is 3. The number of H-pyrrole nitrogens is 1. The second-order valence-corrected chi connectivity index (χ2v) is 4.98. The van der Waals surface area contributed by atoms with E-state index < -0.39 is 0 Å². The zero-order valence-corrected chi connectivity index (χ0v) is 11.9. The summed E-state index contributed by atoms with van der Waals surface area (Å²) in [6, 6.07) is 11.0. The van der Waals surface area contributed by atoms with Crippen molar-refractivity contribution >= 4 is 5.69 Å². The van der Waals surface area contributed by atoms with Gasteiger partial charge in [-0.3, -0.25) is 4.98 Å². The zero-order valence-electron chi connectivity index (χ0n) is 11.9. The van der Waals surface area contributed by atoms with Crippen LogP contribution in [-0.2, 0) is 0 Å². The average Bonchev–Trinajstić information content (AvgIpc) is 2.84. The van der Waals surface area contributed by atoms with E-state index in [4.69, 9.17) is 5.73 Å². The molecule has 0 bridgehead atoms. The van der Waals surface area contributed by atoms with Gasteiger partial charge in [-0.05, 0) is 38.1 Å². The number of hydrogen-bond donors (Lipinski definition) is 3. The second kappa shape index (κ2) is 4.94. The van der Waals surface area contributed by atoms with Crippen molar-refractivity contribution in [3.8, 4) is 28.4 Å². The fourth-order valence-corrected chi connectivity index (χ4v) is 2.26. The number of imidazole rings is 1. The van der Waals surface area contributed by atoms with Crippen LogP contribution in [0.1, 0.15) is 11.5 Å². The Labute approximate surface area is 122 Å². The van der Waals surface area contributed by atoms with Crippen LogP contribution < -0.4 is 5.73 Å². The second-order valence-electron chi connectivity index (χ2n) is 4.98. The maximum Gasteiger partial charge on any atom is 0.139 e. The SMILES string of the molecule is Cc1cccc(-c2[nH]c(C)nc2-c2ccc(N)c(O)c2)n1. The van der Waals surface area contributed by atoms with Crippen LogP contribution in [0.2, 0.25) is 0 Å².